The molecule has 0 radical (unpaired) electrons. The molecule has 0 spiro atoms. The van der Waals surface area contributed by atoms with E-state index in [2.05, 4.69) is 9.97 Å². The molecule has 1 aliphatic heterocycles. The van der Waals surface area contributed by atoms with Gasteiger partial charge in [0, 0.05) is 0 Å². The lowest BCUT2D eigenvalue weighted by Crippen LogP contribution is -2.58. The molecule has 0 amide bonds. The topological polar surface area (TPSA) is 105 Å². The molecule has 0 bridgehead atoms. The summed E-state index contributed by atoms with van der Waals surface area (Å²) in [6.45, 7) is 1.60. The van der Waals surface area contributed by atoms with Crippen LogP contribution < -0.4 is 4.74 Å². The number of aliphatic hydroxyl groups excluding tert-OH is 3. The van der Waals surface area contributed by atoms with Crippen LogP contribution in [0.1, 0.15) is 6.92 Å². The second-order valence-corrected chi connectivity index (χ2v) is 6.14. The molecule has 1 fully saturated rings. The van der Waals surface area contributed by atoms with Crippen LogP contribution >= 0.6 is 0 Å². The number of hydrogen-bond acceptors (Lipinski definition) is 7. The number of aliphatic hydroxyl groups is 3. The molecular formula is C18H18N2O5. The Morgan fingerprint density at radius 2 is 1.52 bits per heavy atom. The zero-order chi connectivity index (χ0) is 17.6. The molecule has 2 aromatic carbocycles. The van der Waals surface area contributed by atoms with Gasteiger partial charge in [0.25, 0.3) is 0 Å². The summed E-state index contributed by atoms with van der Waals surface area (Å²) < 4.78 is 11.3. The zero-order valence-corrected chi connectivity index (χ0v) is 13.5. The van der Waals surface area contributed by atoms with Gasteiger partial charge in [-0.2, -0.15) is 0 Å². The van der Waals surface area contributed by atoms with Crippen LogP contribution in [0, 0.1) is 0 Å². The second-order valence-electron chi connectivity index (χ2n) is 6.14. The summed E-state index contributed by atoms with van der Waals surface area (Å²) >= 11 is 0. The van der Waals surface area contributed by atoms with Gasteiger partial charge >= 0.3 is 0 Å². The second kappa shape index (κ2) is 6.20. The Kier molecular flexibility index (Phi) is 4.01. The third kappa shape index (κ3) is 2.81. The highest BCUT2D eigenvalue weighted by molar-refractivity contribution is 5.89. The van der Waals surface area contributed by atoms with Gasteiger partial charge in [-0.3, -0.25) is 0 Å². The third-order valence-electron chi connectivity index (χ3n) is 4.38. The van der Waals surface area contributed by atoms with E-state index in [4.69, 9.17) is 9.47 Å². The van der Waals surface area contributed by atoms with Crippen LogP contribution in [0.3, 0.4) is 0 Å². The molecule has 7 heteroatoms. The normalized spacial score (nSPS) is 29.8. The summed E-state index contributed by atoms with van der Waals surface area (Å²) in [5.41, 5.74) is 2.67. The van der Waals surface area contributed by atoms with Gasteiger partial charge < -0.3 is 24.8 Å². The molecule has 0 saturated carbocycles. The van der Waals surface area contributed by atoms with Crippen molar-refractivity contribution in [1.29, 1.82) is 0 Å². The van der Waals surface area contributed by atoms with Crippen molar-refractivity contribution in [3.05, 3.63) is 42.5 Å². The Balaban J connectivity index is 1.73. The summed E-state index contributed by atoms with van der Waals surface area (Å²) in [6, 6.07) is 12.8. The molecule has 5 atom stereocenters. The Labute approximate surface area is 143 Å². The molecule has 25 heavy (non-hydrogen) atoms. The first-order valence-electron chi connectivity index (χ1n) is 8.06. The van der Waals surface area contributed by atoms with Crippen LogP contribution in [0.4, 0.5) is 0 Å². The van der Waals surface area contributed by atoms with Crippen LogP contribution in [0.5, 0.6) is 5.75 Å². The maximum absolute atomic E-state index is 10.1. The number of rotatable bonds is 2. The number of para-hydroxylation sites is 3. The van der Waals surface area contributed by atoms with E-state index in [9.17, 15) is 15.3 Å². The van der Waals surface area contributed by atoms with E-state index in [0.717, 1.165) is 11.0 Å². The van der Waals surface area contributed by atoms with Crippen LogP contribution in [0.15, 0.2) is 42.5 Å². The van der Waals surface area contributed by atoms with Gasteiger partial charge in [0.2, 0.25) is 6.29 Å². The first-order valence-corrected chi connectivity index (χ1v) is 8.06. The lowest BCUT2D eigenvalue weighted by Gasteiger charge is -2.38. The fourth-order valence-corrected chi connectivity index (χ4v) is 2.95. The highest BCUT2D eigenvalue weighted by Crippen LogP contribution is 2.29. The van der Waals surface area contributed by atoms with Crippen molar-refractivity contribution < 1.29 is 24.8 Å². The van der Waals surface area contributed by atoms with Crippen molar-refractivity contribution in [3.8, 4) is 5.75 Å². The van der Waals surface area contributed by atoms with Crippen molar-refractivity contribution in [2.75, 3.05) is 0 Å². The number of aromatic nitrogens is 2. The molecule has 3 N–H and O–H groups in total. The molecule has 130 valence electrons. The maximum atomic E-state index is 10.1. The van der Waals surface area contributed by atoms with Crippen molar-refractivity contribution >= 4 is 22.1 Å². The van der Waals surface area contributed by atoms with Crippen LogP contribution in [-0.4, -0.2) is 56.0 Å². The zero-order valence-electron chi connectivity index (χ0n) is 13.5. The summed E-state index contributed by atoms with van der Waals surface area (Å²) in [4.78, 5) is 9.14. The Hall–Kier alpha value is -2.32. The first kappa shape index (κ1) is 16.2. The minimum atomic E-state index is -1.38. The molecule has 1 aromatic heterocycles. The molecule has 1 saturated heterocycles. The fraction of sp³-hybridized carbons (Fsp3) is 0.333. The van der Waals surface area contributed by atoms with Crippen LogP contribution in [0.2, 0.25) is 0 Å². The largest absolute Gasteiger partial charge is 0.460 e. The summed E-state index contributed by atoms with van der Waals surface area (Å²) in [5, 5.41) is 29.8. The number of benzene rings is 2. The molecule has 3 aromatic rings. The van der Waals surface area contributed by atoms with Gasteiger partial charge in [0.1, 0.15) is 23.8 Å². The van der Waals surface area contributed by atoms with Crippen molar-refractivity contribution in [2.24, 2.45) is 0 Å². The number of fused-ring (bicyclic) bond motifs is 2. The lowest BCUT2D eigenvalue weighted by molar-refractivity contribution is -0.267. The van der Waals surface area contributed by atoms with E-state index in [0.29, 0.717) is 16.8 Å². The average molecular weight is 342 g/mol. The van der Waals surface area contributed by atoms with Gasteiger partial charge in [0.05, 0.1) is 22.7 Å². The molecule has 1 aliphatic rings. The smallest absolute Gasteiger partial charge is 0.229 e. The van der Waals surface area contributed by atoms with E-state index in [1.165, 1.54) is 0 Å². The average Bonchev–Trinajstić information content (AvgIpc) is 2.63. The van der Waals surface area contributed by atoms with E-state index in [1.54, 1.807) is 19.1 Å². The fourth-order valence-electron chi connectivity index (χ4n) is 2.95. The van der Waals surface area contributed by atoms with E-state index in [1.807, 2.05) is 30.3 Å². The third-order valence-corrected chi connectivity index (χ3v) is 4.38. The first-order chi connectivity index (χ1) is 12.0. The number of ether oxygens (including phenoxy) is 2. The summed E-state index contributed by atoms with van der Waals surface area (Å²) in [5.74, 6) is 0.385. The monoisotopic (exact) mass is 342 g/mol. The standard InChI is InChI=1S/C18H18N2O5/c1-9-15(21)16(22)17(23)18(24-9)25-13-8-4-7-12-14(13)20-11-6-3-2-5-10(11)19-12/h2-9,15-18,21-23H,1H3/t9-,15-,16+,17+,18-/m1/s1. The van der Waals surface area contributed by atoms with Gasteiger partial charge in [0.15, 0.2) is 5.75 Å². The molecule has 0 aliphatic carbocycles. The van der Waals surface area contributed by atoms with Gasteiger partial charge in [-0.15, -0.1) is 0 Å². The Morgan fingerprint density at radius 3 is 2.28 bits per heavy atom. The van der Waals surface area contributed by atoms with Crippen molar-refractivity contribution in [2.45, 2.75) is 37.6 Å². The van der Waals surface area contributed by atoms with Gasteiger partial charge in [-0.1, -0.05) is 18.2 Å². The SMILES string of the molecule is C[C@H]1O[C@H](Oc2cccc3nc4ccccc4nc23)[C@@H](O)[C@@H](O)[C@@H]1O. The van der Waals surface area contributed by atoms with Crippen LogP contribution in [-0.2, 0) is 4.74 Å². The quantitative estimate of drug-likeness (QED) is 0.597. The predicted octanol–water partition coefficient (Wildman–Crippen LogP) is 0.989. The van der Waals surface area contributed by atoms with Crippen LogP contribution in [0.25, 0.3) is 22.1 Å². The maximum Gasteiger partial charge on any atom is 0.229 e. The van der Waals surface area contributed by atoms with E-state index >= 15 is 0 Å². The summed E-state index contributed by atoms with van der Waals surface area (Å²) in [6.07, 6.45) is -5.70. The molecule has 2 heterocycles. The highest BCUT2D eigenvalue weighted by atomic mass is 16.7. The molecule has 4 rings (SSSR count). The minimum Gasteiger partial charge on any atom is -0.460 e. The van der Waals surface area contributed by atoms with E-state index in [-0.39, 0.29) is 0 Å². The Morgan fingerprint density at radius 1 is 0.840 bits per heavy atom. The van der Waals surface area contributed by atoms with Crippen molar-refractivity contribution in [1.82, 2.24) is 9.97 Å². The van der Waals surface area contributed by atoms with Gasteiger partial charge in [-0.25, -0.2) is 9.97 Å². The van der Waals surface area contributed by atoms with Crippen molar-refractivity contribution in [3.63, 3.8) is 0 Å². The summed E-state index contributed by atoms with van der Waals surface area (Å²) in [7, 11) is 0. The Bertz CT molecular complexity index is 918. The van der Waals surface area contributed by atoms with Gasteiger partial charge in [-0.05, 0) is 31.2 Å². The lowest BCUT2D eigenvalue weighted by atomic mass is 10.00. The van der Waals surface area contributed by atoms with E-state index < -0.39 is 30.7 Å². The predicted molar refractivity (Wildman–Crippen MR) is 90.0 cm³/mol. The molecule has 7 nitrogen and oxygen atoms in total. The molecule has 0 unspecified atom stereocenters. The number of hydrogen-bond donors (Lipinski definition) is 3. The highest BCUT2D eigenvalue weighted by Gasteiger charge is 2.43. The number of nitrogens with zero attached hydrogens (tertiary/aromatic N) is 2. The minimum absolute atomic E-state index is 0.385. The molecular weight excluding hydrogens is 324 g/mol.